The van der Waals surface area contributed by atoms with E-state index in [-0.39, 0.29) is 24.9 Å². The summed E-state index contributed by atoms with van der Waals surface area (Å²) in [4.78, 5) is 5.45. The van der Waals surface area contributed by atoms with E-state index in [0.717, 1.165) is 41.9 Å². The quantitative estimate of drug-likeness (QED) is 0.671. The monoisotopic (exact) mass is 418 g/mol. The van der Waals surface area contributed by atoms with Gasteiger partial charge in [0.05, 0.1) is 11.3 Å². The molecule has 27 heavy (non-hydrogen) atoms. The van der Waals surface area contributed by atoms with E-state index in [1.807, 2.05) is 18.2 Å². The highest BCUT2D eigenvalue weighted by molar-refractivity contribution is 6.31. The minimum Gasteiger partial charge on any atom is -0.391 e. The van der Waals surface area contributed by atoms with Gasteiger partial charge in [-0.2, -0.15) is 13.2 Å². The summed E-state index contributed by atoms with van der Waals surface area (Å²) in [6.45, 7) is 1.55. The molecule has 3 rings (SSSR count). The van der Waals surface area contributed by atoms with Gasteiger partial charge in [-0.3, -0.25) is 0 Å². The van der Waals surface area contributed by atoms with E-state index in [9.17, 15) is 13.2 Å². The summed E-state index contributed by atoms with van der Waals surface area (Å²) in [5.41, 5.74) is 1.75. The zero-order chi connectivity index (χ0) is 18.6. The maximum absolute atomic E-state index is 12.7. The van der Waals surface area contributed by atoms with Gasteiger partial charge in [0.2, 0.25) is 0 Å². The number of rotatable bonds is 4. The van der Waals surface area contributed by atoms with Gasteiger partial charge in [-0.1, -0.05) is 47.1 Å². The average Bonchev–Trinajstić information content (AvgIpc) is 2.63. The Labute approximate surface area is 167 Å². The highest BCUT2D eigenvalue weighted by atomic mass is 35.5. The molecule has 1 unspecified atom stereocenters. The van der Waals surface area contributed by atoms with Gasteiger partial charge in [-0.25, -0.2) is 0 Å². The number of hydrogen-bond donors (Lipinski definition) is 1. The Morgan fingerprint density at radius 3 is 2.48 bits per heavy atom. The van der Waals surface area contributed by atoms with Crippen molar-refractivity contribution < 1.29 is 18.0 Å². The topological polar surface area (TPSA) is 33.6 Å². The van der Waals surface area contributed by atoms with Gasteiger partial charge in [-0.05, 0) is 36.7 Å². The maximum Gasteiger partial charge on any atom is 0.416 e. The Balaban J connectivity index is 0.00000261. The highest BCUT2D eigenvalue weighted by Crippen LogP contribution is 2.31. The lowest BCUT2D eigenvalue weighted by atomic mass is 9.88. The molecule has 0 aromatic heterocycles. The lowest BCUT2D eigenvalue weighted by Crippen LogP contribution is -2.36. The molecule has 0 bridgehead atoms. The van der Waals surface area contributed by atoms with Crippen molar-refractivity contribution in [2.24, 2.45) is 5.16 Å². The molecule has 1 aliphatic rings. The summed E-state index contributed by atoms with van der Waals surface area (Å²) >= 11 is 6.09. The first-order chi connectivity index (χ1) is 12.4. The molecule has 8 heteroatoms. The predicted octanol–water partition coefficient (Wildman–Crippen LogP) is 5.43. The lowest BCUT2D eigenvalue weighted by molar-refractivity contribution is -0.137. The van der Waals surface area contributed by atoms with Crippen molar-refractivity contribution in [2.45, 2.75) is 25.1 Å². The molecule has 0 saturated carbocycles. The van der Waals surface area contributed by atoms with E-state index < -0.39 is 11.7 Å². The van der Waals surface area contributed by atoms with Crippen LogP contribution in [0.4, 0.5) is 13.2 Å². The molecule has 3 nitrogen and oxygen atoms in total. The first-order valence-electron chi connectivity index (χ1n) is 8.25. The van der Waals surface area contributed by atoms with Gasteiger partial charge >= 0.3 is 6.18 Å². The van der Waals surface area contributed by atoms with Crippen molar-refractivity contribution in [2.75, 3.05) is 13.1 Å². The zero-order valence-corrected chi connectivity index (χ0v) is 15.9. The minimum atomic E-state index is -4.33. The molecular formula is C19H19Cl2F3N2O. The van der Waals surface area contributed by atoms with Crippen molar-refractivity contribution in [1.82, 2.24) is 5.32 Å². The third kappa shape index (κ3) is 5.61. The van der Waals surface area contributed by atoms with Gasteiger partial charge < -0.3 is 10.2 Å². The second kappa shape index (κ2) is 9.44. The van der Waals surface area contributed by atoms with Crippen LogP contribution in [0.5, 0.6) is 0 Å². The molecule has 1 N–H and O–H groups in total. The Hall–Kier alpha value is -1.76. The van der Waals surface area contributed by atoms with E-state index >= 15 is 0 Å². The normalized spacial score (nSPS) is 18.8. The van der Waals surface area contributed by atoms with Crippen molar-refractivity contribution in [3.05, 3.63) is 70.2 Å². The third-order valence-electron chi connectivity index (χ3n) is 4.32. The second-order valence-electron chi connectivity index (χ2n) is 6.09. The number of piperidine rings is 1. The fourth-order valence-corrected chi connectivity index (χ4v) is 3.10. The standard InChI is InChI=1S/C19H18ClF3N2O.ClH/c20-17-4-2-1-3-14(17)12-26-25-18-11-24-10-9-16(18)13-5-7-15(8-6-13)19(21,22)23;/h1-8,16,24H,9-12H2;1H/b25-18+;. The predicted molar refractivity (Wildman–Crippen MR) is 103 cm³/mol. The van der Waals surface area contributed by atoms with Gasteiger partial charge in [0.1, 0.15) is 6.61 Å². The zero-order valence-electron chi connectivity index (χ0n) is 14.3. The maximum atomic E-state index is 12.7. The number of benzene rings is 2. The van der Waals surface area contributed by atoms with Crippen molar-refractivity contribution in [3.8, 4) is 0 Å². The van der Waals surface area contributed by atoms with Crippen LogP contribution < -0.4 is 5.32 Å². The van der Waals surface area contributed by atoms with Crippen LogP contribution in [0.2, 0.25) is 5.02 Å². The van der Waals surface area contributed by atoms with Gasteiger partial charge in [0, 0.05) is 23.0 Å². The molecule has 0 spiro atoms. The summed E-state index contributed by atoms with van der Waals surface area (Å²) in [5.74, 6) is -0.0650. The molecule has 1 saturated heterocycles. The van der Waals surface area contributed by atoms with Gasteiger partial charge in [-0.15, -0.1) is 12.4 Å². The van der Waals surface area contributed by atoms with Crippen molar-refractivity contribution in [1.29, 1.82) is 0 Å². The molecule has 1 aliphatic heterocycles. The Morgan fingerprint density at radius 2 is 1.81 bits per heavy atom. The first kappa shape index (κ1) is 21.5. The molecule has 1 heterocycles. The van der Waals surface area contributed by atoms with Crippen LogP contribution in [-0.2, 0) is 17.6 Å². The summed E-state index contributed by atoms with van der Waals surface area (Å²) in [6.07, 6.45) is -3.58. The van der Waals surface area contributed by atoms with Crippen molar-refractivity contribution in [3.63, 3.8) is 0 Å². The van der Waals surface area contributed by atoms with Crippen LogP contribution in [0, 0.1) is 0 Å². The first-order valence-corrected chi connectivity index (χ1v) is 8.63. The minimum absolute atomic E-state index is 0. The smallest absolute Gasteiger partial charge is 0.391 e. The SMILES string of the molecule is Cl.FC(F)(F)c1ccc(C2CCNC/C2=N\OCc2ccccc2Cl)cc1. The van der Waals surface area contributed by atoms with Crippen LogP contribution in [0.25, 0.3) is 0 Å². The number of halogens is 5. The summed E-state index contributed by atoms with van der Waals surface area (Å²) in [7, 11) is 0. The van der Waals surface area contributed by atoms with E-state index in [2.05, 4.69) is 10.5 Å². The Bertz CT molecular complexity index is 779. The van der Waals surface area contributed by atoms with E-state index in [1.165, 1.54) is 12.1 Å². The van der Waals surface area contributed by atoms with E-state index in [0.29, 0.717) is 11.6 Å². The fourth-order valence-electron chi connectivity index (χ4n) is 2.91. The lowest BCUT2D eigenvalue weighted by Gasteiger charge is -2.25. The van der Waals surface area contributed by atoms with Crippen LogP contribution in [-0.4, -0.2) is 18.8 Å². The van der Waals surface area contributed by atoms with Crippen LogP contribution in [0.3, 0.4) is 0 Å². The number of alkyl halides is 3. The van der Waals surface area contributed by atoms with Crippen LogP contribution >= 0.6 is 24.0 Å². The summed E-state index contributed by atoms with van der Waals surface area (Å²) in [6, 6.07) is 12.6. The summed E-state index contributed by atoms with van der Waals surface area (Å²) in [5, 5.41) is 8.04. The molecule has 0 radical (unpaired) electrons. The molecule has 0 amide bonds. The van der Waals surface area contributed by atoms with Crippen LogP contribution in [0.15, 0.2) is 53.7 Å². The average molecular weight is 419 g/mol. The largest absolute Gasteiger partial charge is 0.416 e. The van der Waals surface area contributed by atoms with Crippen molar-refractivity contribution >= 4 is 29.7 Å². The summed E-state index contributed by atoms with van der Waals surface area (Å²) < 4.78 is 38.2. The number of oxime groups is 1. The highest BCUT2D eigenvalue weighted by Gasteiger charge is 2.31. The van der Waals surface area contributed by atoms with Gasteiger partial charge in [0.25, 0.3) is 0 Å². The van der Waals surface area contributed by atoms with E-state index in [1.54, 1.807) is 6.07 Å². The number of nitrogens with one attached hydrogen (secondary N) is 1. The third-order valence-corrected chi connectivity index (χ3v) is 4.69. The molecule has 146 valence electrons. The second-order valence-corrected chi connectivity index (χ2v) is 6.49. The number of hydrogen-bond acceptors (Lipinski definition) is 3. The Morgan fingerprint density at radius 1 is 1.11 bits per heavy atom. The van der Waals surface area contributed by atoms with Crippen LogP contribution in [0.1, 0.15) is 29.0 Å². The molecule has 1 atom stereocenters. The molecule has 2 aromatic carbocycles. The molecule has 1 fully saturated rings. The Kier molecular flexibility index (Phi) is 7.53. The van der Waals surface area contributed by atoms with Gasteiger partial charge in [0.15, 0.2) is 0 Å². The molecule has 2 aromatic rings. The number of nitrogens with zero attached hydrogens (tertiary/aromatic N) is 1. The fraction of sp³-hybridized carbons (Fsp3) is 0.316. The molecular weight excluding hydrogens is 400 g/mol. The van der Waals surface area contributed by atoms with E-state index in [4.69, 9.17) is 16.4 Å². The molecule has 0 aliphatic carbocycles.